The molecular formula is C14H23NO4. The monoisotopic (exact) mass is 269 g/mol. The number of carbonyl (C=O) groups excluding carboxylic acids is 1. The lowest BCUT2D eigenvalue weighted by Gasteiger charge is -2.33. The van der Waals surface area contributed by atoms with E-state index in [-0.39, 0.29) is 12.0 Å². The molecule has 19 heavy (non-hydrogen) atoms. The normalized spacial score (nSPS) is 28.1. The number of carboxylic acids is 1. The van der Waals surface area contributed by atoms with Crippen LogP contribution in [-0.4, -0.2) is 40.8 Å². The Labute approximate surface area is 113 Å². The number of rotatable bonds is 2. The van der Waals surface area contributed by atoms with E-state index in [1.807, 2.05) is 20.8 Å². The van der Waals surface area contributed by atoms with Crippen LogP contribution in [0.25, 0.3) is 0 Å². The van der Waals surface area contributed by atoms with E-state index in [0.29, 0.717) is 24.9 Å². The zero-order chi connectivity index (χ0) is 14.2. The fraction of sp³-hybridized carbons (Fsp3) is 0.857. The molecular weight excluding hydrogens is 246 g/mol. The Hall–Kier alpha value is -1.26. The molecule has 0 aromatic heterocycles. The van der Waals surface area contributed by atoms with Gasteiger partial charge in [0.15, 0.2) is 0 Å². The van der Waals surface area contributed by atoms with Gasteiger partial charge in [-0.1, -0.05) is 0 Å². The summed E-state index contributed by atoms with van der Waals surface area (Å²) in [6, 6.07) is 0. The summed E-state index contributed by atoms with van der Waals surface area (Å²) < 4.78 is 5.34. The van der Waals surface area contributed by atoms with Gasteiger partial charge in [0.1, 0.15) is 5.60 Å². The Bertz CT molecular complexity index is 366. The summed E-state index contributed by atoms with van der Waals surface area (Å²) >= 11 is 0. The fourth-order valence-electron chi connectivity index (χ4n) is 2.86. The van der Waals surface area contributed by atoms with E-state index in [9.17, 15) is 9.59 Å². The number of aliphatic carboxylic acids is 1. The van der Waals surface area contributed by atoms with Gasteiger partial charge in [-0.2, -0.15) is 0 Å². The number of nitrogens with zero attached hydrogens (tertiary/aromatic N) is 1. The molecule has 0 bridgehead atoms. The molecule has 1 N–H and O–H groups in total. The van der Waals surface area contributed by atoms with E-state index in [4.69, 9.17) is 9.84 Å². The van der Waals surface area contributed by atoms with Crippen molar-refractivity contribution in [2.45, 2.75) is 45.6 Å². The van der Waals surface area contributed by atoms with Gasteiger partial charge in [-0.3, -0.25) is 4.79 Å². The summed E-state index contributed by atoms with van der Waals surface area (Å²) in [5.74, 6) is -0.0179. The van der Waals surface area contributed by atoms with E-state index >= 15 is 0 Å². The van der Waals surface area contributed by atoms with Crippen LogP contribution in [0.15, 0.2) is 0 Å². The number of carbonyl (C=O) groups is 2. The number of hydrogen-bond donors (Lipinski definition) is 1. The van der Waals surface area contributed by atoms with Crippen molar-refractivity contribution in [1.29, 1.82) is 0 Å². The van der Waals surface area contributed by atoms with Gasteiger partial charge in [-0.25, -0.2) is 4.79 Å². The van der Waals surface area contributed by atoms with Crippen LogP contribution in [0.1, 0.15) is 40.0 Å². The zero-order valence-corrected chi connectivity index (χ0v) is 11.9. The maximum absolute atomic E-state index is 11.9. The first-order valence-electron chi connectivity index (χ1n) is 6.98. The Morgan fingerprint density at radius 3 is 2.21 bits per heavy atom. The van der Waals surface area contributed by atoms with Gasteiger partial charge in [0, 0.05) is 13.1 Å². The third-order valence-electron chi connectivity index (χ3n) is 3.95. The molecule has 1 amide bonds. The van der Waals surface area contributed by atoms with Gasteiger partial charge < -0.3 is 14.7 Å². The molecule has 2 fully saturated rings. The maximum atomic E-state index is 11.9. The second-order valence-corrected chi connectivity index (χ2v) is 6.65. The van der Waals surface area contributed by atoms with Crippen molar-refractivity contribution >= 4 is 12.1 Å². The van der Waals surface area contributed by atoms with Crippen molar-refractivity contribution < 1.29 is 19.4 Å². The highest BCUT2D eigenvalue weighted by Gasteiger charge is 2.48. The Morgan fingerprint density at radius 1 is 1.21 bits per heavy atom. The predicted octanol–water partition coefficient (Wildman–Crippen LogP) is 2.35. The van der Waals surface area contributed by atoms with Crippen LogP contribution in [0.4, 0.5) is 4.79 Å². The molecule has 1 heterocycles. The van der Waals surface area contributed by atoms with Crippen LogP contribution in [0.3, 0.4) is 0 Å². The molecule has 2 atom stereocenters. The number of piperidine rings is 1. The number of hydrogen-bond acceptors (Lipinski definition) is 3. The van der Waals surface area contributed by atoms with Crippen molar-refractivity contribution in [1.82, 2.24) is 4.90 Å². The summed E-state index contributed by atoms with van der Waals surface area (Å²) in [5, 5.41) is 8.94. The van der Waals surface area contributed by atoms with E-state index in [0.717, 1.165) is 19.3 Å². The minimum absolute atomic E-state index is 0.141. The summed E-state index contributed by atoms with van der Waals surface area (Å²) in [4.78, 5) is 24.5. The SMILES string of the molecule is CC(C)(C)OC(=O)N1CCC([C@@H]2C[C@@H]2C(=O)O)CC1. The summed E-state index contributed by atoms with van der Waals surface area (Å²) in [6.45, 7) is 6.95. The molecule has 0 aromatic carbocycles. The molecule has 1 saturated heterocycles. The van der Waals surface area contributed by atoms with Crippen molar-refractivity contribution in [2.75, 3.05) is 13.1 Å². The zero-order valence-electron chi connectivity index (χ0n) is 11.9. The topological polar surface area (TPSA) is 66.8 Å². The molecule has 1 aliphatic heterocycles. The third kappa shape index (κ3) is 3.61. The first kappa shape index (κ1) is 14.2. The summed E-state index contributed by atoms with van der Waals surface area (Å²) in [6.07, 6.45) is 2.35. The molecule has 0 unspecified atom stereocenters. The summed E-state index contributed by atoms with van der Waals surface area (Å²) in [5.41, 5.74) is -0.459. The average Bonchev–Trinajstić information content (AvgIpc) is 3.07. The first-order valence-corrected chi connectivity index (χ1v) is 6.98. The fourth-order valence-corrected chi connectivity index (χ4v) is 2.86. The molecule has 5 nitrogen and oxygen atoms in total. The first-order chi connectivity index (χ1) is 8.78. The minimum atomic E-state index is -0.667. The van der Waals surface area contributed by atoms with Gasteiger partial charge in [0.2, 0.25) is 0 Å². The molecule has 0 spiro atoms. The molecule has 0 radical (unpaired) electrons. The molecule has 1 saturated carbocycles. The van der Waals surface area contributed by atoms with Crippen LogP contribution in [0.2, 0.25) is 0 Å². The van der Waals surface area contributed by atoms with Gasteiger partial charge in [-0.05, 0) is 51.9 Å². The number of amides is 1. The van der Waals surface area contributed by atoms with Crippen molar-refractivity contribution in [2.24, 2.45) is 17.8 Å². The predicted molar refractivity (Wildman–Crippen MR) is 69.8 cm³/mol. The molecule has 1 aliphatic carbocycles. The van der Waals surface area contributed by atoms with Crippen LogP contribution < -0.4 is 0 Å². The smallest absolute Gasteiger partial charge is 0.410 e. The highest BCUT2D eigenvalue weighted by Crippen LogP contribution is 2.48. The van der Waals surface area contributed by atoms with Gasteiger partial charge in [0.05, 0.1) is 5.92 Å². The molecule has 108 valence electrons. The highest BCUT2D eigenvalue weighted by molar-refractivity contribution is 5.73. The number of ether oxygens (including phenoxy) is 1. The minimum Gasteiger partial charge on any atom is -0.481 e. The summed E-state index contributed by atoms with van der Waals surface area (Å²) in [7, 11) is 0. The van der Waals surface area contributed by atoms with Crippen LogP contribution in [0, 0.1) is 17.8 Å². The van der Waals surface area contributed by atoms with Crippen molar-refractivity contribution in [3.8, 4) is 0 Å². The largest absolute Gasteiger partial charge is 0.481 e. The second-order valence-electron chi connectivity index (χ2n) is 6.65. The maximum Gasteiger partial charge on any atom is 0.410 e. The number of likely N-dealkylation sites (tertiary alicyclic amines) is 1. The molecule has 2 aliphatic rings. The van der Waals surface area contributed by atoms with E-state index in [1.165, 1.54) is 0 Å². The van der Waals surface area contributed by atoms with E-state index in [1.54, 1.807) is 4.90 Å². The molecule has 2 rings (SSSR count). The standard InChI is InChI=1S/C14H23NO4/c1-14(2,3)19-13(18)15-6-4-9(5-7-15)10-8-11(10)12(16)17/h9-11H,4-8H2,1-3H3,(H,16,17)/t10-,11-/m0/s1. The lowest BCUT2D eigenvalue weighted by molar-refractivity contribution is -0.139. The Balaban J connectivity index is 1.77. The van der Waals surface area contributed by atoms with Crippen molar-refractivity contribution in [3.63, 3.8) is 0 Å². The molecule has 5 heteroatoms. The lowest BCUT2D eigenvalue weighted by atomic mass is 9.91. The van der Waals surface area contributed by atoms with E-state index < -0.39 is 11.6 Å². The van der Waals surface area contributed by atoms with Gasteiger partial charge in [-0.15, -0.1) is 0 Å². The number of carboxylic acid groups (broad SMARTS) is 1. The van der Waals surface area contributed by atoms with Gasteiger partial charge >= 0.3 is 12.1 Å². The van der Waals surface area contributed by atoms with E-state index in [2.05, 4.69) is 0 Å². The Morgan fingerprint density at radius 2 is 1.79 bits per heavy atom. The quantitative estimate of drug-likeness (QED) is 0.835. The van der Waals surface area contributed by atoms with Gasteiger partial charge in [0.25, 0.3) is 0 Å². The third-order valence-corrected chi connectivity index (χ3v) is 3.95. The Kier molecular flexibility index (Phi) is 3.74. The van der Waals surface area contributed by atoms with Crippen LogP contribution in [0.5, 0.6) is 0 Å². The average molecular weight is 269 g/mol. The molecule has 0 aromatic rings. The highest BCUT2D eigenvalue weighted by atomic mass is 16.6. The second kappa shape index (κ2) is 5.02. The van der Waals surface area contributed by atoms with Crippen molar-refractivity contribution in [3.05, 3.63) is 0 Å². The lowest BCUT2D eigenvalue weighted by Crippen LogP contribution is -2.42. The van der Waals surface area contributed by atoms with Crippen LogP contribution >= 0.6 is 0 Å². The van der Waals surface area contributed by atoms with Crippen LogP contribution in [-0.2, 0) is 9.53 Å².